The second-order valence-electron chi connectivity index (χ2n) is 5.01. The summed E-state index contributed by atoms with van der Waals surface area (Å²) in [7, 11) is -3.02. The van der Waals surface area contributed by atoms with Crippen LogP contribution in [0, 0.1) is 0 Å². The van der Waals surface area contributed by atoms with Gasteiger partial charge in [0.25, 0.3) is 0 Å². The highest BCUT2D eigenvalue weighted by atomic mass is 35.5. The molecule has 1 aliphatic heterocycles. The van der Waals surface area contributed by atoms with Gasteiger partial charge in [0, 0.05) is 5.02 Å². The van der Waals surface area contributed by atoms with E-state index in [0.29, 0.717) is 11.4 Å². The number of nitrogens with one attached hydrogen (secondary N) is 1. The third-order valence-corrected chi connectivity index (χ3v) is 6.27. The van der Waals surface area contributed by atoms with Gasteiger partial charge < -0.3 is 5.32 Å². The van der Waals surface area contributed by atoms with E-state index in [1.54, 1.807) is 6.07 Å². The van der Waals surface area contributed by atoms with Crippen molar-refractivity contribution in [2.45, 2.75) is 30.9 Å². The molecule has 2 rings (SSSR count). The van der Waals surface area contributed by atoms with Crippen LogP contribution in [-0.4, -0.2) is 32.5 Å². The van der Waals surface area contributed by atoms with Crippen LogP contribution in [0.5, 0.6) is 0 Å². The third-order valence-electron chi connectivity index (χ3n) is 3.64. The molecule has 1 atom stereocenters. The molecule has 19 heavy (non-hydrogen) atoms. The molecule has 0 amide bonds. The van der Waals surface area contributed by atoms with E-state index in [2.05, 4.69) is 5.32 Å². The zero-order valence-electron chi connectivity index (χ0n) is 10.9. The molecule has 1 aliphatic rings. The molecule has 0 aromatic heterocycles. The SMILES string of the molecule is O=S(=O)(CCc1ccccc1Cl)C1CCCNCC1. The Morgan fingerprint density at radius 3 is 2.79 bits per heavy atom. The average Bonchev–Trinajstić information content (AvgIpc) is 2.67. The van der Waals surface area contributed by atoms with Crippen LogP contribution >= 0.6 is 11.6 Å². The number of halogens is 1. The van der Waals surface area contributed by atoms with E-state index < -0.39 is 9.84 Å². The Morgan fingerprint density at radius 1 is 1.21 bits per heavy atom. The van der Waals surface area contributed by atoms with Crippen molar-refractivity contribution in [2.24, 2.45) is 0 Å². The molecule has 0 spiro atoms. The molecule has 1 unspecified atom stereocenters. The smallest absolute Gasteiger partial charge is 0.153 e. The van der Waals surface area contributed by atoms with Gasteiger partial charge in [0.15, 0.2) is 9.84 Å². The molecule has 0 aliphatic carbocycles. The fraction of sp³-hybridized carbons (Fsp3) is 0.571. The van der Waals surface area contributed by atoms with Crippen LogP contribution in [-0.2, 0) is 16.3 Å². The van der Waals surface area contributed by atoms with E-state index in [1.807, 2.05) is 18.2 Å². The first-order valence-corrected chi connectivity index (χ1v) is 8.84. The van der Waals surface area contributed by atoms with Crippen LogP contribution < -0.4 is 5.32 Å². The number of hydrogen-bond acceptors (Lipinski definition) is 3. The van der Waals surface area contributed by atoms with Gasteiger partial charge in [-0.15, -0.1) is 0 Å². The van der Waals surface area contributed by atoms with Gasteiger partial charge in [-0.25, -0.2) is 8.42 Å². The van der Waals surface area contributed by atoms with Crippen molar-refractivity contribution in [3.05, 3.63) is 34.9 Å². The standard InChI is InChI=1S/C14H20ClNO2S/c15-14-6-2-1-4-12(14)8-11-19(17,18)13-5-3-9-16-10-7-13/h1-2,4,6,13,16H,3,5,7-11H2. The lowest BCUT2D eigenvalue weighted by molar-refractivity contribution is 0.566. The Labute approximate surface area is 120 Å². The first kappa shape index (κ1) is 14.8. The van der Waals surface area contributed by atoms with E-state index in [1.165, 1.54) is 0 Å². The molecule has 1 heterocycles. The van der Waals surface area contributed by atoms with Crippen LogP contribution in [0.25, 0.3) is 0 Å². The summed E-state index contributed by atoms with van der Waals surface area (Å²) in [5, 5.41) is 3.71. The number of aryl methyl sites for hydroxylation is 1. The van der Waals surface area contributed by atoms with Crippen molar-refractivity contribution in [3.8, 4) is 0 Å². The van der Waals surface area contributed by atoms with E-state index in [9.17, 15) is 8.42 Å². The van der Waals surface area contributed by atoms with E-state index in [0.717, 1.165) is 37.9 Å². The summed E-state index contributed by atoms with van der Waals surface area (Å²) in [6, 6.07) is 7.45. The average molecular weight is 302 g/mol. The fourth-order valence-electron chi connectivity index (χ4n) is 2.47. The van der Waals surface area contributed by atoms with Gasteiger partial charge in [-0.2, -0.15) is 0 Å². The molecule has 1 N–H and O–H groups in total. The zero-order chi connectivity index (χ0) is 13.7. The summed E-state index contributed by atoms with van der Waals surface area (Å²) >= 11 is 6.06. The predicted octanol–water partition coefficient (Wildman–Crippen LogP) is 2.44. The maximum Gasteiger partial charge on any atom is 0.153 e. The van der Waals surface area contributed by atoms with E-state index >= 15 is 0 Å². The number of rotatable bonds is 4. The molecule has 0 bridgehead atoms. The minimum Gasteiger partial charge on any atom is -0.317 e. The second-order valence-corrected chi connectivity index (χ2v) is 7.82. The Morgan fingerprint density at radius 2 is 2.00 bits per heavy atom. The highest BCUT2D eigenvalue weighted by Gasteiger charge is 2.25. The summed E-state index contributed by atoms with van der Waals surface area (Å²) in [6.45, 7) is 1.73. The molecule has 1 aromatic carbocycles. The lowest BCUT2D eigenvalue weighted by Crippen LogP contribution is -2.26. The molecule has 0 radical (unpaired) electrons. The van der Waals surface area contributed by atoms with Crippen molar-refractivity contribution < 1.29 is 8.42 Å². The highest BCUT2D eigenvalue weighted by Crippen LogP contribution is 2.20. The van der Waals surface area contributed by atoms with E-state index in [4.69, 9.17) is 11.6 Å². The molecular formula is C14H20ClNO2S. The Balaban J connectivity index is 1.99. The molecule has 1 fully saturated rings. The minimum atomic E-state index is -3.02. The maximum atomic E-state index is 12.4. The first-order valence-electron chi connectivity index (χ1n) is 6.75. The fourth-order valence-corrected chi connectivity index (χ4v) is 4.54. The predicted molar refractivity (Wildman–Crippen MR) is 79.5 cm³/mol. The van der Waals surface area contributed by atoms with Crippen LogP contribution in [0.4, 0.5) is 0 Å². The van der Waals surface area contributed by atoms with Gasteiger partial charge in [0.05, 0.1) is 11.0 Å². The molecule has 3 nitrogen and oxygen atoms in total. The summed E-state index contributed by atoms with van der Waals surface area (Å²) in [6.07, 6.45) is 2.95. The lowest BCUT2D eigenvalue weighted by atomic mass is 10.2. The van der Waals surface area contributed by atoms with Gasteiger partial charge in [0.2, 0.25) is 0 Å². The monoisotopic (exact) mass is 301 g/mol. The van der Waals surface area contributed by atoms with Gasteiger partial charge in [-0.1, -0.05) is 29.8 Å². The van der Waals surface area contributed by atoms with Crippen LogP contribution in [0.2, 0.25) is 5.02 Å². The van der Waals surface area contributed by atoms with Crippen molar-refractivity contribution in [1.82, 2.24) is 5.32 Å². The normalized spacial score (nSPS) is 21.0. The maximum absolute atomic E-state index is 12.4. The molecule has 0 saturated carbocycles. The third kappa shape index (κ3) is 4.20. The Hall–Kier alpha value is -0.580. The van der Waals surface area contributed by atoms with Crippen molar-refractivity contribution in [1.29, 1.82) is 0 Å². The van der Waals surface area contributed by atoms with Crippen LogP contribution in [0.15, 0.2) is 24.3 Å². The van der Waals surface area contributed by atoms with Crippen LogP contribution in [0.1, 0.15) is 24.8 Å². The largest absolute Gasteiger partial charge is 0.317 e. The molecule has 106 valence electrons. The molecule has 1 saturated heterocycles. The molecular weight excluding hydrogens is 282 g/mol. The zero-order valence-corrected chi connectivity index (χ0v) is 12.5. The van der Waals surface area contributed by atoms with Crippen LogP contribution in [0.3, 0.4) is 0 Å². The van der Waals surface area contributed by atoms with Gasteiger partial charge in [-0.3, -0.25) is 0 Å². The topological polar surface area (TPSA) is 46.2 Å². The Bertz CT molecular complexity index is 508. The summed E-state index contributed by atoms with van der Waals surface area (Å²) in [5.74, 6) is 0.196. The van der Waals surface area contributed by atoms with Crippen molar-refractivity contribution in [2.75, 3.05) is 18.8 Å². The van der Waals surface area contributed by atoms with E-state index in [-0.39, 0.29) is 11.0 Å². The Kier molecular flexibility index (Phi) is 5.25. The number of benzene rings is 1. The van der Waals surface area contributed by atoms with Gasteiger partial charge in [-0.05, 0) is 50.4 Å². The highest BCUT2D eigenvalue weighted by molar-refractivity contribution is 7.92. The number of sulfone groups is 1. The summed E-state index contributed by atoms with van der Waals surface area (Å²) in [4.78, 5) is 0. The van der Waals surface area contributed by atoms with Gasteiger partial charge in [0.1, 0.15) is 0 Å². The van der Waals surface area contributed by atoms with Crippen molar-refractivity contribution >= 4 is 21.4 Å². The van der Waals surface area contributed by atoms with Crippen molar-refractivity contribution in [3.63, 3.8) is 0 Å². The quantitative estimate of drug-likeness (QED) is 0.929. The number of hydrogen-bond donors (Lipinski definition) is 1. The minimum absolute atomic E-state index is 0.190. The molecule has 5 heteroatoms. The first-order chi connectivity index (χ1) is 9.09. The lowest BCUT2D eigenvalue weighted by Gasteiger charge is -2.15. The summed E-state index contributed by atoms with van der Waals surface area (Å²) < 4.78 is 24.7. The van der Waals surface area contributed by atoms with Gasteiger partial charge >= 0.3 is 0 Å². The molecule has 1 aromatic rings. The summed E-state index contributed by atoms with van der Waals surface area (Å²) in [5.41, 5.74) is 0.916. The second kappa shape index (κ2) is 6.73.